The predicted octanol–water partition coefficient (Wildman–Crippen LogP) is 2.71. The van der Waals surface area contributed by atoms with Crippen molar-refractivity contribution in [2.45, 2.75) is 6.54 Å². The molecule has 0 aliphatic heterocycles. The van der Waals surface area contributed by atoms with E-state index in [1.165, 1.54) is 12.1 Å². The Hall–Kier alpha value is -2.15. The average molecular weight is 338 g/mol. The highest BCUT2D eigenvalue weighted by atomic mass is 35.5. The number of hydrogen-bond acceptors (Lipinski definition) is 5. The molecule has 0 aromatic heterocycles. The van der Waals surface area contributed by atoms with Gasteiger partial charge in [-0.3, -0.25) is 5.84 Å². The Morgan fingerprint density at radius 2 is 2.09 bits per heavy atom. The highest BCUT2D eigenvalue weighted by molar-refractivity contribution is 6.30. The third kappa shape index (κ3) is 5.21. The molecule has 0 fully saturated rings. The summed E-state index contributed by atoms with van der Waals surface area (Å²) >= 11 is 5.89. The number of hydrogen-bond donors (Lipinski definition) is 3. The van der Waals surface area contributed by atoms with Crippen LogP contribution in [0.3, 0.4) is 0 Å². The second-order valence-corrected chi connectivity index (χ2v) is 5.22. The summed E-state index contributed by atoms with van der Waals surface area (Å²) in [6.07, 6.45) is 0. The molecule has 2 aromatic carbocycles. The Labute approximate surface area is 138 Å². The van der Waals surface area contributed by atoms with Gasteiger partial charge in [-0.05, 0) is 35.9 Å². The zero-order valence-corrected chi connectivity index (χ0v) is 13.1. The third-order valence-electron chi connectivity index (χ3n) is 3.09. The van der Waals surface area contributed by atoms with Gasteiger partial charge in [0, 0.05) is 18.1 Å². The van der Waals surface area contributed by atoms with Crippen LogP contribution in [-0.2, 0) is 11.3 Å². The lowest BCUT2D eigenvalue weighted by Crippen LogP contribution is -2.21. The average Bonchev–Trinajstić information content (AvgIpc) is 2.54. The van der Waals surface area contributed by atoms with Crippen LogP contribution in [0.25, 0.3) is 0 Å². The number of halogens is 2. The number of carbonyl (C=O) groups is 1. The van der Waals surface area contributed by atoms with Crippen LogP contribution in [0.5, 0.6) is 0 Å². The van der Waals surface area contributed by atoms with Gasteiger partial charge in [0.05, 0.1) is 11.3 Å². The summed E-state index contributed by atoms with van der Waals surface area (Å²) in [6, 6.07) is 11.4. The van der Waals surface area contributed by atoms with Gasteiger partial charge >= 0.3 is 5.97 Å². The fourth-order valence-corrected chi connectivity index (χ4v) is 2.16. The molecule has 2 rings (SSSR count). The Balaban J connectivity index is 1.74. The Bertz CT molecular complexity index is 682. The normalized spacial score (nSPS) is 10.4. The van der Waals surface area contributed by atoms with Crippen LogP contribution in [0.15, 0.2) is 42.5 Å². The zero-order chi connectivity index (χ0) is 16.7. The molecule has 2 aromatic rings. The molecule has 0 amide bonds. The summed E-state index contributed by atoms with van der Waals surface area (Å²) in [4.78, 5) is 11.8. The summed E-state index contributed by atoms with van der Waals surface area (Å²) in [5, 5.41) is 3.78. The molecule has 0 unspecified atom stereocenters. The first-order valence-corrected chi connectivity index (χ1v) is 7.36. The van der Waals surface area contributed by atoms with Crippen LogP contribution in [0, 0.1) is 5.82 Å². The monoisotopic (exact) mass is 337 g/mol. The van der Waals surface area contributed by atoms with Gasteiger partial charge in [-0.25, -0.2) is 9.18 Å². The molecular formula is C16H17ClFN3O2. The molecule has 5 nitrogen and oxygen atoms in total. The molecule has 0 radical (unpaired) electrons. The number of ether oxygens (including phenoxy) is 1. The lowest BCUT2D eigenvalue weighted by molar-refractivity contribution is 0.0503. The van der Waals surface area contributed by atoms with Gasteiger partial charge < -0.3 is 15.5 Å². The molecular weight excluding hydrogens is 321 g/mol. The van der Waals surface area contributed by atoms with Crippen molar-refractivity contribution in [3.63, 3.8) is 0 Å². The Morgan fingerprint density at radius 1 is 1.26 bits per heavy atom. The van der Waals surface area contributed by atoms with Crippen LogP contribution >= 0.6 is 11.6 Å². The molecule has 0 aliphatic rings. The first kappa shape index (κ1) is 17.2. The van der Waals surface area contributed by atoms with Crippen molar-refractivity contribution in [1.29, 1.82) is 0 Å². The number of carbonyl (C=O) groups excluding carboxylic acids is 1. The zero-order valence-electron chi connectivity index (χ0n) is 12.3. The van der Waals surface area contributed by atoms with E-state index in [-0.39, 0.29) is 12.2 Å². The minimum atomic E-state index is -0.712. The summed E-state index contributed by atoms with van der Waals surface area (Å²) < 4.78 is 18.7. The van der Waals surface area contributed by atoms with E-state index in [1.807, 2.05) is 18.2 Å². The molecule has 0 saturated carbocycles. The third-order valence-corrected chi connectivity index (χ3v) is 3.32. The van der Waals surface area contributed by atoms with E-state index in [0.29, 0.717) is 23.8 Å². The molecule has 0 atom stereocenters. The van der Waals surface area contributed by atoms with E-state index in [2.05, 4.69) is 10.7 Å². The topological polar surface area (TPSA) is 76.4 Å². The van der Waals surface area contributed by atoms with Gasteiger partial charge in [-0.1, -0.05) is 23.7 Å². The van der Waals surface area contributed by atoms with Crippen molar-refractivity contribution in [2.75, 3.05) is 18.6 Å². The number of nitrogens with one attached hydrogen (secondary N) is 2. The number of esters is 1. The first-order valence-electron chi connectivity index (χ1n) is 6.98. The molecule has 0 aliphatic carbocycles. The van der Waals surface area contributed by atoms with Crippen LogP contribution < -0.4 is 16.6 Å². The smallest absolute Gasteiger partial charge is 0.341 e. The fraction of sp³-hybridized carbons (Fsp3) is 0.188. The van der Waals surface area contributed by atoms with Gasteiger partial charge in [0.1, 0.15) is 12.4 Å². The van der Waals surface area contributed by atoms with E-state index in [1.54, 1.807) is 6.07 Å². The molecule has 0 heterocycles. The highest BCUT2D eigenvalue weighted by Gasteiger charge is 2.13. The first-order chi connectivity index (χ1) is 11.1. The second kappa shape index (κ2) is 8.47. The Kier molecular flexibility index (Phi) is 6.34. The van der Waals surface area contributed by atoms with Crippen molar-refractivity contribution in [3.05, 3.63) is 64.4 Å². The second-order valence-electron chi connectivity index (χ2n) is 4.78. The van der Waals surface area contributed by atoms with Gasteiger partial charge in [-0.2, -0.15) is 0 Å². The summed E-state index contributed by atoms with van der Waals surface area (Å²) in [7, 11) is 0. The van der Waals surface area contributed by atoms with E-state index in [4.69, 9.17) is 22.2 Å². The van der Waals surface area contributed by atoms with Gasteiger partial charge in [0.2, 0.25) is 0 Å². The molecule has 0 bridgehead atoms. The molecule has 122 valence electrons. The fourth-order valence-electron chi connectivity index (χ4n) is 1.94. The van der Waals surface area contributed by atoms with Crippen molar-refractivity contribution in [1.82, 2.24) is 5.32 Å². The van der Waals surface area contributed by atoms with Crippen LogP contribution in [0.4, 0.5) is 10.1 Å². The summed E-state index contributed by atoms with van der Waals surface area (Å²) in [5.74, 6) is 3.77. The van der Waals surface area contributed by atoms with Gasteiger partial charge in [0.15, 0.2) is 0 Å². The standard InChI is InChI=1S/C16H17ClFN3O2/c17-12-3-1-2-11(8-12)10-20-6-7-23-16(22)14-5-4-13(21-19)9-15(14)18/h1-5,8-9,20-21H,6-7,10,19H2. The highest BCUT2D eigenvalue weighted by Crippen LogP contribution is 2.14. The lowest BCUT2D eigenvalue weighted by atomic mass is 10.2. The molecule has 7 heteroatoms. The van der Waals surface area contributed by atoms with Crippen LogP contribution in [0.1, 0.15) is 15.9 Å². The van der Waals surface area contributed by atoms with E-state index >= 15 is 0 Å². The molecule has 0 spiro atoms. The SMILES string of the molecule is NNc1ccc(C(=O)OCCNCc2cccc(Cl)c2)c(F)c1. The quantitative estimate of drug-likeness (QED) is 0.313. The van der Waals surface area contributed by atoms with Crippen LogP contribution in [0.2, 0.25) is 5.02 Å². The maximum atomic E-state index is 13.7. The van der Waals surface area contributed by atoms with Crippen molar-refractivity contribution in [3.8, 4) is 0 Å². The maximum absolute atomic E-state index is 13.7. The predicted molar refractivity (Wildman–Crippen MR) is 87.7 cm³/mol. The van der Waals surface area contributed by atoms with Crippen molar-refractivity contribution in [2.24, 2.45) is 5.84 Å². The molecule has 4 N–H and O–H groups in total. The van der Waals surface area contributed by atoms with E-state index in [0.717, 1.165) is 11.6 Å². The van der Waals surface area contributed by atoms with E-state index in [9.17, 15) is 9.18 Å². The number of nitrogens with two attached hydrogens (primary N) is 1. The summed E-state index contributed by atoms with van der Waals surface area (Å²) in [5.41, 5.74) is 3.58. The minimum Gasteiger partial charge on any atom is -0.461 e. The number of nitrogen functional groups attached to an aromatic ring is 1. The van der Waals surface area contributed by atoms with Gasteiger partial charge in [0.25, 0.3) is 0 Å². The van der Waals surface area contributed by atoms with Crippen LogP contribution in [-0.4, -0.2) is 19.1 Å². The molecule has 0 saturated heterocycles. The largest absolute Gasteiger partial charge is 0.461 e. The van der Waals surface area contributed by atoms with Crippen molar-refractivity contribution < 1.29 is 13.9 Å². The number of rotatable bonds is 7. The van der Waals surface area contributed by atoms with Gasteiger partial charge in [-0.15, -0.1) is 0 Å². The minimum absolute atomic E-state index is 0.126. The number of hydrazine groups is 1. The number of anilines is 1. The number of benzene rings is 2. The van der Waals surface area contributed by atoms with Crippen molar-refractivity contribution >= 4 is 23.3 Å². The summed E-state index contributed by atoms with van der Waals surface area (Å²) in [6.45, 7) is 1.18. The lowest BCUT2D eigenvalue weighted by Gasteiger charge is -2.08. The Morgan fingerprint density at radius 3 is 2.78 bits per heavy atom. The maximum Gasteiger partial charge on any atom is 0.341 e. The van der Waals surface area contributed by atoms with E-state index < -0.39 is 11.8 Å². The molecule has 23 heavy (non-hydrogen) atoms.